The normalized spacial score (nSPS) is 10.2. The Morgan fingerprint density at radius 2 is 1.06 bits per heavy atom. The van der Waals surface area contributed by atoms with Gasteiger partial charge < -0.3 is 10.1 Å². The molecule has 0 saturated carbocycles. The molecular formula is C59H88Cl2N21O3+9. The summed E-state index contributed by atoms with van der Waals surface area (Å²) in [5, 5.41) is 11.4. The summed E-state index contributed by atoms with van der Waals surface area (Å²) in [6.07, 6.45) is 36.5. The molecule has 0 amide bonds. The highest BCUT2D eigenvalue weighted by atomic mass is 35.5. The van der Waals surface area contributed by atoms with Crippen LogP contribution in [0, 0.1) is 17.0 Å². The van der Waals surface area contributed by atoms with Gasteiger partial charge in [-0.2, -0.15) is 9.13 Å². The zero-order valence-corrected chi connectivity index (χ0v) is 54.6. The molecule has 0 radical (unpaired) electrons. The van der Waals surface area contributed by atoms with E-state index in [0.29, 0.717) is 16.1 Å². The molecule has 0 unspecified atom stereocenters. The minimum absolute atomic E-state index is 0.0833. The summed E-state index contributed by atoms with van der Waals surface area (Å²) < 4.78 is 34.9. The average molecular weight is 1210 g/mol. The number of fused-ring (bicyclic) bond motifs is 3. The number of halogens is 2. The van der Waals surface area contributed by atoms with Crippen LogP contribution in [-0.2, 0) is 133 Å². The van der Waals surface area contributed by atoms with Crippen LogP contribution in [0.15, 0.2) is 155 Å². The second-order valence-corrected chi connectivity index (χ2v) is 21.0. The molecular weight excluding hydrogens is 1120 g/mol. The number of aryl methyl sites for hydroxylation is 18. The monoisotopic (exact) mass is 1210 g/mol. The lowest BCUT2D eigenvalue weighted by Crippen LogP contribution is -2.31. The van der Waals surface area contributed by atoms with Crippen molar-refractivity contribution in [2.45, 2.75) is 20.3 Å². The van der Waals surface area contributed by atoms with Crippen LogP contribution in [0.2, 0.25) is 10.3 Å². The molecule has 0 spiro atoms. The predicted octanol–water partition coefficient (Wildman–Crippen LogP) is 2.79. The predicted molar refractivity (Wildman–Crippen MR) is 324 cm³/mol. The lowest BCUT2D eigenvalue weighted by atomic mass is 10.3. The highest BCUT2D eigenvalue weighted by Gasteiger charge is 2.22. The van der Waals surface area contributed by atoms with Gasteiger partial charge in [-0.1, -0.05) is 19.1 Å². The van der Waals surface area contributed by atoms with Gasteiger partial charge in [-0.05, 0) is 47.5 Å². The molecule has 0 N–H and O–H groups in total. The van der Waals surface area contributed by atoms with E-state index >= 15 is 0 Å². The first-order valence-electron chi connectivity index (χ1n) is 27.0. The van der Waals surface area contributed by atoms with Crippen molar-refractivity contribution in [3.05, 3.63) is 193 Å². The first kappa shape index (κ1) is 68.3. The van der Waals surface area contributed by atoms with Crippen molar-refractivity contribution < 1.29 is 50.8 Å². The third-order valence-electron chi connectivity index (χ3n) is 13.6. The Bertz CT molecular complexity index is 3660. The van der Waals surface area contributed by atoms with Gasteiger partial charge in [0.05, 0.1) is 124 Å². The van der Waals surface area contributed by atoms with Gasteiger partial charge in [0.15, 0.2) is 46.3 Å². The Balaban J connectivity index is 0.000000206. The fraction of sp³-hybridized carbons (Fsp3) is 0.356. The van der Waals surface area contributed by atoms with Crippen molar-refractivity contribution in [1.29, 1.82) is 0 Å². The van der Waals surface area contributed by atoms with Crippen LogP contribution in [0.3, 0.4) is 0 Å². The number of nitro groups is 1. The molecule has 12 rings (SSSR count). The van der Waals surface area contributed by atoms with Gasteiger partial charge in [0, 0.05) is 25.6 Å². The summed E-state index contributed by atoms with van der Waals surface area (Å²) in [6, 6.07) is 14.4. The highest BCUT2D eigenvalue weighted by Crippen LogP contribution is 2.15. The third kappa shape index (κ3) is 18.9. The number of carbonyl (C=O) groups is 1. The Labute approximate surface area is 508 Å². The smallest absolute Gasteiger partial charge is 0.320 e. The molecule has 0 aliphatic heterocycles. The van der Waals surface area contributed by atoms with Crippen LogP contribution in [-0.4, -0.2) is 62.3 Å². The number of para-hydroxylation sites is 2. The Morgan fingerprint density at radius 3 is 1.42 bits per heavy atom. The molecule has 0 atom stereocenters. The van der Waals surface area contributed by atoms with Crippen molar-refractivity contribution in [1.82, 2.24) is 51.1 Å². The number of nitrogens with zero attached hydrogens (tertiary/aromatic N) is 21. The van der Waals surface area contributed by atoms with E-state index in [-0.39, 0.29) is 5.95 Å². The van der Waals surface area contributed by atoms with E-state index in [2.05, 4.69) is 142 Å². The minimum atomic E-state index is -0.417. The fourth-order valence-electron chi connectivity index (χ4n) is 8.71. The Morgan fingerprint density at radius 1 is 0.529 bits per heavy atom. The summed E-state index contributed by atoms with van der Waals surface area (Å²) in [5.74, 6) is 3.38. The number of benzene rings is 1. The number of hydrogen-bond donors (Lipinski definition) is 0. The van der Waals surface area contributed by atoms with Crippen LogP contribution >= 0.6 is 23.2 Å². The molecule has 452 valence electrons. The molecule has 12 aromatic rings. The molecule has 11 aromatic heterocycles. The molecule has 85 heavy (non-hydrogen) atoms. The maximum Gasteiger partial charge on any atom is 0.579 e. The second-order valence-electron chi connectivity index (χ2n) is 20.3. The number of carbonyl (C=O) groups excluding carboxylic acids is 1. The van der Waals surface area contributed by atoms with Crippen molar-refractivity contribution in [3.8, 4) is 0 Å². The summed E-state index contributed by atoms with van der Waals surface area (Å²) in [4.78, 5) is 28.4. The molecule has 26 heteroatoms. The van der Waals surface area contributed by atoms with Crippen LogP contribution < -0.4 is 41.1 Å². The lowest BCUT2D eigenvalue weighted by molar-refractivity contribution is -0.716. The van der Waals surface area contributed by atoms with Crippen LogP contribution in [0.25, 0.3) is 33.2 Å². The van der Waals surface area contributed by atoms with Gasteiger partial charge >= 0.3 is 17.4 Å². The van der Waals surface area contributed by atoms with Gasteiger partial charge in [0.25, 0.3) is 22.0 Å². The van der Waals surface area contributed by atoms with E-state index in [4.69, 9.17) is 23.2 Å². The summed E-state index contributed by atoms with van der Waals surface area (Å²) >= 11 is 11.4. The maximum absolute atomic E-state index is 10.3. The standard InChI is InChI=1S/C9H11N2.2C8H10N3.C7H13N2.C6H9N2O.C6H11N2.C5H7Cl2N2.C5H8N3O2.C5H9N2/c1-10-7-11(2)9-6-4-3-5-8(9)10;1-10-6-11(2)8-5-9-4-3-7(8)10;1-10-6-11(2)8-7(10)4-3-5-9-8;1-4-7-8(2)5-6-9(7)3;1-7-3-4-8(2)6(7)5-9;1-6-7(2)4-5-8(6)3;1-8-3-9(2)5(7)4(8)6;1-6-3-4-7(2)5(6)8(9)10;1-6-3-4-7(2)5-6/h3-7H,1-2H3;2*3-6H,1-2H3;5-6H,4H2,1-3H3;3-5H,1-2H3;4-5H,1-3H3;3H,1-2H3;3-4H,1-2H3;3-5H,1-2H3/q9*+1. The van der Waals surface area contributed by atoms with E-state index in [1.807, 2.05) is 191 Å². The van der Waals surface area contributed by atoms with Gasteiger partial charge in [0.1, 0.15) is 69.9 Å². The summed E-state index contributed by atoms with van der Waals surface area (Å²) in [6.45, 7) is 4.25. The topological polar surface area (TPSA) is 165 Å². The van der Waals surface area contributed by atoms with E-state index in [1.54, 1.807) is 44.8 Å². The molecule has 0 aliphatic carbocycles. The third-order valence-corrected chi connectivity index (χ3v) is 14.6. The van der Waals surface area contributed by atoms with E-state index in [1.165, 1.54) is 37.3 Å². The van der Waals surface area contributed by atoms with E-state index in [9.17, 15) is 14.9 Å². The molecule has 0 saturated heterocycles. The van der Waals surface area contributed by atoms with Crippen molar-refractivity contribution in [2.24, 2.45) is 127 Å². The largest absolute Gasteiger partial charge is 0.579 e. The maximum atomic E-state index is 10.3. The summed E-state index contributed by atoms with van der Waals surface area (Å²) in [5.41, 5.74) is 7.10. The average Bonchev–Trinajstić information content (AvgIpc) is 4.19. The van der Waals surface area contributed by atoms with Gasteiger partial charge in [-0.15, -0.1) is 4.98 Å². The summed E-state index contributed by atoms with van der Waals surface area (Å²) in [7, 11) is 35.0. The lowest BCUT2D eigenvalue weighted by Gasteiger charge is -1.90. The Hall–Kier alpha value is -9.16. The van der Waals surface area contributed by atoms with Gasteiger partial charge in [0.2, 0.25) is 31.6 Å². The molecule has 11 heterocycles. The molecule has 0 fully saturated rings. The first-order chi connectivity index (χ1) is 40.1. The number of pyridine rings is 2. The van der Waals surface area contributed by atoms with E-state index in [0.717, 1.165) is 29.4 Å². The van der Waals surface area contributed by atoms with Crippen LogP contribution in [0.4, 0.5) is 5.95 Å². The SMILES string of the molecule is CCc1n(C)cc[n+]1C.Cc1n(C)cc[n+]1C.Cn1c[n+](C)c(Cl)c1Cl.Cn1c[n+](C)c2ccccc21.Cn1c[n+](C)c2ccncc21.Cn1c[n+](C)c2ncccc21.Cn1cc[n+](C)c1.Cn1cc[n+](C)c1C=O.Cn1cc[n+](C)c1[N+](=O)[O-]. The second kappa shape index (κ2) is 32.0. The molecule has 0 aliphatic rings. The van der Waals surface area contributed by atoms with E-state index < -0.39 is 4.92 Å². The van der Waals surface area contributed by atoms with Crippen LogP contribution in [0.5, 0.6) is 0 Å². The zero-order valence-electron chi connectivity index (χ0n) is 53.1. The zero-order chi connectivity index (χ0) is 63.4. The minimum Gasteiger partial charge on any atom is -0.320 e. The van der Waals surface area contributed by atoms with Crippen LogP contribution in [0.1, 0.15) is 29.2 Å². The number of rotatable bonds is 3. The highest BCUT2D eigenvalue weighted by molar-refractivity contribution is 6.39. The molecule has 24 nitrogen and oxygen atoms in total. The number of imidazole rings is 9. The van der Waals surface area contributed by atoms with Crippen molar-refractivity contribution in [3.63, 3.8) is 0 Å². The molecule has 1 aromatic carbocycles. The quantitative estimate of drug-likeness (QED) is 0.115. The van der Waals surface area contributed by atoms with Gasteiger partial charge in [-0.3, -0.25) is 14.3 Å². The first-order valence-corrected chi connectivity index (χ1v) is 27.7. The molecule has 0 bridgehead atoms. The Kier molecular flexibility index (Phi) is 25.8. The number of hydrogen-bond acceptors (Lipinski definition) is 5. The fourth-order valence-corrected chi connectivity index (χ4v) is 9.06. The number of aldehydes is 1. The van der Waals surface area contributed by atoms with Crippen molar-refractivity contribution >= 4 is 68.7 Å². The van der Waals surface area contributed by atoms with Gasteiger partial charge in [-0.25, -0.2) is 68.5 Å². The van der Waals surface area contributed by atoms with Crippen molar-refractivity contribution in [2.75, 3.05) is 0 Å². The number of aromatic nitrogens is 20.